The second-order valence-electron chi connectivity index (χ2n) is 3.50. The minimum absolute atomic E-state index is 0.854. The van der Waals surface area contributed by atoms with E-state index in [0.29, 0.717) is 0 Å². The highest BCUT2D eigenvalue weighted by Gasteiger charge is 2.03. The van der Waals surface area contributed by atoms with Crippen LogP contribution in [0.5, 0.6) is 0 Å². The van der Waals surface area contributed by atoms with E-state index in [1.54, 1.807) is 17.5 Å². The maximum atomic E-state index is 4.32. The zero-order valence-corrected chi connectivity index (χ0v) is 11.1. The van der Waals surface area contributed by atoms with Crippen LogP contribution in [0.15, 0.2) is 46.6 Å². The van der Waals surface area contributed by atoms with Gasteiger partial charge in [-0.15, -0.1) is 11.3 Å². The van der Waals surface area contributed by atoms with Gasteiger partial charge in [0.2, 0.25) is 0 Å². The molecular weight excluding hydrogens is 298 g/mol. The number of nitrogens with one attached hydrogen (secondary N) is 1. The number of rotatable bonds is 2. The Morgan fingerprint density at radius 1 is 1.24 bits per heavy atom. The molecule has 3 nitrogen and oxygen atoms in total. The van der Waals surface area contributed by atoms with Gasteiger partial charge in [0.1, 0.15) is 4.60 Å². The molecule has 0 amide bonds. The van der Waals surface area contributed by atoms with Crippen LogP contribution in [0.25, 0.3) is 10.8 Å². The highest BCUT2D eigenvalue weighted by molar-refractivity contribution is 9.10. The molecule has 5 heteroatoms. The van der Waals surface area contributed by atoms with Gasteiger partial charge in [-0.1, -0.05) is 12.1 Å². The zero-order chi connectivity index (χ0) is 11.7. The Balaban J connectivity index is 2.05. The van der Waals surface area contributed by atoms with E-state index in [2.05, 4.69) is 31.2 Å². The molecule has 0 spiro atoms. The Morgan fingerprint density at radius 2 is 2.18 bits per heavy atom. The smallest absolute Gasteiger partial charge is 0.188 e. The average Bonchev–Trinajstić information content (AvgIpc) is 2.75. The van der Waals surface area contributed by atoms with Gasteiger partial charge >= 0.3 is 0 Å². The molecule has 0 atom stereocenters. The summed E-state index contributed by atoms with van der Waals surface area (Å²) in [7, 11) is 0. The molecule has 1 aromatic carbocycles. The number of hydrogen-bond acceptors (Lipinski definition) is 4. The van der Waals surface area contributed by atoms with Crippen molar-refractivity contribution in [1.82, 2.24) is 9.97 Å². The van der Waals surface area contributed by atoms with E-state index >= 15 is 0 Å². The van der Waals surface area contributed by atoms with Crippen molar-refractivity contribution in [3.8, 4) is 0 Å². The summed E-state index contributed by atoms with van der Waals surface area (Å²) < 4.78 is 0.854. The molecule has 3 rings (SSSR count). The van der Waals surface area contributed by atoms with Crippen molar-refractivity contribution in [3.05, 3.63) is 46.6 Å². The van der Waals surface area contributed by atoms with Crippen LogP contribution in [0.1, 0.15) is 0 Å². The molecule has 0 saturated heterocycles. The van der Waals surface area contributed by atoms with Crippen LogP contribution >= 0.6 is 27.3 Å². The Bertz CT molecular complexity index is 660. The summed E-state index contributed by atoms with van der Waals surface area (Å²) >= 11 is 4.91. The molecule has 2 heterocycles. The summed E-state index contributed by atoms with van der Waals surface area (Å²) in [5.41, 5.74) is 1.05. The van der Waals surface area contributed by atoms with Crippen LogP contribution in [0.4, 0.5) is 10.8 Å². The predicted molar refractivity (Wildman–Crippen MR) is 74.8 cm³/mol. The van der Waals surface area contributed by atoms with E-state index in [0.717, 1.165) is 26.2 Å². The topological polar surface area (TPSA) is 37.8 Å². The highest BCUT2D eigenvalue weighted by Crippen LogP contribution is 2.28. The average molecular weight is 306 g/mol. The quantitative estimate of drug-likeness (QED) is 0.771. The lowest BCUT2D eigenvalue weighted by atomic mass is 10.1. The summed E-state index contributed by atoms with van der Waals surface area (Å²) in [6.45, 7) is 0. The molecule has 0 aliphatic heterocycles. The number of nitrogens with zero attached hydrogens (tertiary/aromatic N) is 2. The fraction of sp³-hybridized carbons (Fsp3) is 0. The predicted octanol–water partition coefficient (Wildman–Crippen LogP) is 4.20. The minimum atomic E-state index is 0.854. The first kappa shape index (κ1) is 10.7. The molecule has 0 unspecified atom stereocenters. The lowest BCUT2D eigenvalue weighted by molar-refractivity contribution is 1.34. The second-order valence-corrected chi connectivity index (χ2v) is 5.17. The summed E-state index contributed by atoms with van der Waals surface area (Å²) in [5, 5.41) is 8.41. The molecule has 0 radical (unpaired) electrons. The molecule has 0 aliphatic rings. The van der Waals surface area contributed by atoms with E-state index in [9.17, 15) is 0 Å². The van der Waals surface area contributed by atoms with Crippen LogP contribution in [0.3, 0.4) is 0 Å². The van der Waals surface area contributed by atoms with Gasteiger partial charge in [-0.05, 0) is 28.1 Å². The van der Waals surface area contributed by atoms with Gasteiger partial charge in [-0.2, -0.15) is 0 Å². The Hall–Kier alpha value is -1.46. The number of fused-ring (bicyclic) bond motifs is 1. The van der Waals surface area contributed by atoms with Crippen LogP contribution < -0.4 is 5.32 Å². The first-order valence-corrected chi connectivity index (χ1v) is 6.71. The number of aromatic nitrogens is 2. The van der Waals surface area contributed by atoms with Crippen LogP contribution in [-0.2, 0) is 0 Å². The van der Waals surface area contributed by atoms with Crippen molar-refractivity contribution in [1.29, 1.82) is 0 Å². The maximum Gasteiger partial charge on any atom is 0.188 e. The summed E-state index contributed by atoms with van der Waals surface area (Å²) in [5.74, 6) is 0. The van der Waals surface area contributed by atoms with Crippen LogP contribution in [0, 0.1) is 0 Å². The number of halogens is 1. The molecule has 0 fully saturated rings. The summed E-state index contributed by atoms with van der Waals surface area (Å²) in [4.78, 5) is 8.44. The van der Waals surface area contributed by atoms with Crippen molar-refractivity contribution in [2.75, 3.05) is 5.32 Å². The van der Waals surface area contributed by atoms with E-state index in [1.165, 1.54) is 0 Å². The second kappa shape index (κ2) is 4.43. The summed E-state index contributed by atoms with van der Waals surface area (Å²) in [6, 6.07) is 8.10. The van der Waals surface area contributed by atoms with Gasteiger partial charge < -0.3 is 5.32 Å². The molecule has 3 aromatic rings. The van der Waals surface area contributed by atoms with Crippen molar-refractivity contribution in [3.63, 3.8) is 0 Å². The molecule has 1 N–H and O–H groups in total. The van der Waals surface area contributed by atoms with Gasteiger partial charge in [0, 0.05) is 34.2 Å². The minimum Gasteiger partial charge on any atom is -0.331 e. The van der Waals surface area contributed by atoms with Gasteiger partial charge in [-0.25, -0.2) is 4.98 Å². The largest absolute Gasteiger partial charge is 0.331 e. The third-order valence-corrected chi connectivity index (χ3v) is 3.87. The normalized spacial score (nSPS) is 10.6. The first-order valence-electron chi connectivity index (χ1n) is 5.04. The van der Waals surface area contributed by atoms with Crippen molar-refractivity contribution < 1.29 is 0 Å². The number of pyridine rings is 1. The van der Waals surface area contributed by atoms with Gasteiger partial charge in [0.15, 0.2) is 5.13 Å². The van der Waals surface area contributed by atoms with Crippen molar-refractivity contribution in [2.45, 2.75) is 0 Å². The van der Waals surface area contributed by atoms with Gasteiger partial charge in [-0.3, -0.25) is 4.98 Å². The van der Waals surface area contributed by atoms with Crippen molar-refractivity contribution >= 4 is 48.9 Å². The maximum absolute atomic E-state index is 4.32. The molecule has 0 bridgehead atoms. The van der Waals surface area contributed by atoms with E-state index in [4.69, 9.17) is 0 Å². The Morgan fingerprint density at radius 3 is 3.00 bits per heavy atom. The number of benzene rings is 1. The van der Waals surface area contributed by atoms with Crippen LogP contribution in [0.2, 0.25) is 0 Å². The summed E-state index contributed by atoms with van der Waals surface area (Å²) in [6.07, 6.45) is 3.66. The Labute approximate surface area is 111 Å². The molecule has 2 aromatic heterocycles. The zero-order valence-electron chi connectivity index (χ0n) is 8.72. The SMILES string of the molecule is Brc1csc(Nc2cccc3cnccc23)n1. The van der Waals surface area contributed by atoms with E-state index < -0.39 is 0 Å². The van der Waals surface area contributed by atoms with E-state index in [-0.39, 0.29) is 0 Å². The lowest BCUT2D eigenvalue weighted by Crippen LogP contribution is -1.90. The molecular formula is C12H8BrN3S. The molecule has 84 valence electrons. The highest BCUT2D eigenvalue weighted by atomic mass is 79.9. The fourth-order valence-corrected chi connectivity index (χ4v) is 2.81. The fourth-order valence-electron chi connectivity index (χ4n) is 1.66. The van der Waals surface area contributed by atoms with Crippen molar-refractivity contribution in [2.24, 2.45) is 0 Å². The first-order chi connectivity index (χ1) is 8.33. The molecule has 17 heavy (non-hydrogen) atoms. The Kier molecular flexibility index (Phi) is 2.78. The molecule has 0 saturated carbocycles. The number of anilines is 2. The third kappa shape index (κ3) is 2.16. The van der Waals surface area contributed by atoms with E-state index in [1.807, 2.05) is 35.8 Å². The number of thiazole rings is 1. The monoisotopic (exact) mass is 305 g/mol. The third-order valence-electron chi connectivity index (χ3n) is 2.40. The van der Waals surface area contributed by atoms with Gasteiger partial charge in [0.05, 0.1) is 0 Å². The van der Waals surface area contributed by atoms with Gasteiger partial charge in [0.25, 0.3) is 0 Å². The standard InChI is InChI=1S/C12H8BrN3S/c13-11-7-17-12(16-11)15-10-3-1-2-8-6-14-5-4-9(8)10/h1-7H,(H,15,16). The number of hydrogen-bond donors (Lipinski definition) is 1. The molecule has 0 aliphatic carbocycles. The lowest BCUT2D eigenvalue weighted by Gasteiger charge is -2.06. The van der Waals surface area contributed by atoms with Crippen LogP contribution in [-0.4, -0.2) is 9.97 Å².